The molecule has 0 aliphatic heterocycles. The normalized spacial score (nSPS) is 10.9. The Morgan fingerprint density at radius 3 is 2.95 bits per heavy atom. The lowest BCUT2D eigenvalue weighted by molar-refractivity contribution is 0.194. The number of pyridine rings is 1. The molecule has 19 heavy (non-hydrogen) atoms. The standard InChI is InChI=1S/C13H12N4O2/c18-13(19)14-5-6-17-8-16-11-7-15-10-4-2-1-3-9(10)12(11)17/h1-4,7-8,14H,5-6H2,(H,18,19). The Balaban J connectivity index is 2.05. The molecule has 0 atom stereocenters. The highest BCUT2D eigenvalue weighted by molar-refractivity contribution is 6.01. The summed E-state index contributed by atoms with van der Waals surface area (Å²) in [5.74, 6) is 0. The smallest absolute Gasteiger partial charge is 0.404 e. The highest BCUT2D eigenvalue weighted by Gasteiger charge is 2.07. The van der Waals surface area contributed by atoms with Crippen molar-refractivity contribution < 1.29 is 9.90 Å². The van der Waals surface area contributed by atoms with Gasteiger partial charge in [-0.3, -0.25) is 4.98 Å². The molecule has 0 unspecified atom stereocenters. The lowest BCUT2D eigenvalue weighted by Crippen LogP contribution is -2.24. The fourth-order valence-corrected chi connectivity index (χ4v) is 2.16. The second kappa shape index (κ2) is 4.56. The molecule has 3 rings (SSSR count). The number of carbonyl (C=O) groups is 1. The summed E-state index contributed by atoms with van der Waals surface area (Å²) in [5, 5.41) is 12.0. The summed E-state index contributed by atoms with van der Waals surface area (Å²) in [5.41, 5.74) is 2.70. The van der Waals surface area contributed by atoms with Gasteiger partial charge < -0.3 is 15.0 Å². The number of hydrogen-bond donors (Lipinski definition) is 2. The minimum atomic E-state index is -1.02. The van der Waals surface area contributed by atoms with E-state index in [9.17, 15) is 4.79 Å². The van der Waals surface area contributed by atoms with Crippen LogP contribution in [0.3, 0.4) is 0 Å². The van der Waals surface area contributed by atoms with E-state index in [2.05, 4.69) is 15.3 Å². The lowest BCUT2D eigenvalue weighted by Gasteiger charge is -2.06. The number of rotatable bonds is 3. The van der Waals surface area contributed by atoms with E-state index in [1.807, 2.05) is 28.8 Å². The molecule has 0 bridgehead atoms. The van der Waals surface area contributed by atoms with Crippen LogP contribution in [0.5, 0.6) is 0 Å². The summed E-state index contributed by atoms with van der Waals surface area (Å²) >= 11 is 0. The van der Waals surface area contributed by atoms with Gasteiger partial charge in [0.1, 0.15) is 5.52 Å². The van der Waals surface area contributed by atoms with E-state index in [0.29, 0.717) is 13.1 Å². The number of fused-ring (bicyclic) bond motifs is 3. The zero-order valence-electron chi connectivity index (χ0n) is 10.1. The van der Waals surface area contributed by atoms with Crippen LogP contribution in [-0.2, 0) is 6.54 Å². The molecular formula is C13H12N4O2. The molecule has 96 valence electrons. The van der Waals surface area contributed by atoms with Gasteiger partial charge in [0.25, 0.3) is 0 Å². The van der Waals surface area contributed by atoms with Crippen molar-refractivity contribution in [2.45, 2.75) is 6.54 Å². The van der Waals surface area contributed by atoms with Crippen LogP contribution < -0.4 is 5.32 Å². The van der Waals surface area contributed by atoms with Crippen molar-refractivity contribution in [3.05, 3.63) is 36.8 Å². The summed E-state index contributed by atoms with van der Waals surface area (Å²) in [6.07, 6.45) is 2.43. The molecule has 2 aromatic heterocycles. The number of carboxylic acid groups (broad SMARTS) is 1. The van der Waals surface area contributed by atoms with Gasteiger partial charge in [0.2, 0.25) is 0 Å². The fourth-order valence-electron chi connectivity index (χ4n) is 2.16. The van der Waals surface area contributed by atoms with Gasteiger partial charge in [0.05, 0.1) is 23.6 Å². The molecule has 0 aliphatic carbocycles. The maximum atomic E-state index is 10.5. The summed E-state index contributed by atoms with van der Waals surface area (Å²) in [6.45, 7) is 0.883. The largest absolute Gasteiger partial charge is 0.465 e. The molecule has 1 aromatic carbocycles. The number of nitrogens with one attached hydrogen (secondary N) is 1. The summed E-state index contributed by atoms with van der Waals surface area (Å²) in [4.78, 5) is 19.1. The topological polar surface area (TPSA) is 80.0 Å². The Kier molecular flexibility index (Phi) is 2.75. The average Bonchev–Trinajstić information content (AvgIpc) is 2.82. The molecule has 6 heteroatoms. The van der Waals surface area contributed by atoms with E-state index in [1.165, 1.54) is 0 Å². The summed E-state index contributed by atoms with van der Waals surface area (Å²) in [6, 6.07) is 7.83. The van der Waals surface area contributed by atoms with Gasteiger partial charge in [-0.1, -0.05) is 18.2 Å². The van der Waals surface area contributed by atoms with Crippen LogP contribution in [0, 0.1) is 0 Å². The quantitative estimate of drug-likeness (QED) is 0.749. The van der Waals surface area contributed by atoms with E-state index in [4.69, 9.17) is 5.11 Å². The maximum absolute atomic E-state index is 10.5. The van der Waals surface area contributed by atoms with Gasteiger partial charge in [-0.15, -0.1) is 0 Å². The minimum Gasteiger partial charge on any atom is -0.465 e. The van der Waals surface area contributed by atoms with Gasteiger partial charge in [0, 0.05) is 18.5 Å². The van der Waals surface area contributed by atoms with Crippen LogP contribution >= 0.6 is 0 Å². The number of nitrogens with zero attached hydrogens (tertiary/aromatic N) is 3. The number of para-hydroxylation sites is 1. The molecule has 2 N–H and O–H groups in total. The predicted molar refractivity (Wildman–Crippen MR) is 71.1 cm³/mol. The lowest BCUT2D eigenvalue weighted by atomic mass is 10.2. The van der Waals surface area contributed by atoms with Gasteiger partial charge in [-0.05, 0) is 6.07 Å². The van der Waals surface area contributed by atoms with Crippen LogP contribution in [0.1, 0.15) is 0 Å². The molecule has 2 heterocycles. The molecule has 0 saturated heterocycles. The van der Waals surface area contributed by atoms with Gasteiger partial charge in [-0.2, -0.15) is 0 Å². The third-order valence-electron chi connectivity index (χ3n) is 2.98. The fraction of sp³-hybridized carbons (Fsp3) is 0.154. The average molecular weight is 256 g/mol. The minimum absolute atomic E-state index is 0.345. The maximum Gasteiger partial charge on any atom is 0.404 e. The molecule has 0 saturated carbocycles. The summed E-state index contributed by atoms with van der Waals surface area (Å²) < 4.78 is 1.94. The van der Waals surface area contributed by atoms with Crippen LogP contribution in [0.2, 0.25) is 0 Å². The van der Waals surface area contributed by atoms with Crippen molar-refractivity contribution >= 4 is 28.0 Å². The Bertz CT molecular complexity index is 751. The Morgan fingerprint density at radius 1 is 1.26 bits per heavy atom. The zero-order chi connectivity index (χ0) is 13.2. The number of amides is 1. The van der Waals surface area contributed by atoms with Gasteiger partial charge in [-0.25, -0.2) is 9.78 Å². The van der Waals surface area contributed by atoms with Crippen molar-refractivity contribution in [3.63, 3.8) is 0 Å². The van der Waals surface area contributed by atoms with E-state index in [1.54, 1.807) is 12.5 Å². The third kappa shape index (κ3) is 2.08. The van der Waals surface area contributed by atoms with Crippen molar-refractivity contribution in [2.24, 2.45) is 0 Å². The first kappa shape index (κ1) is 11.5. The van der Waals surface area contributed by atoms with E-state index in [-0.39, 0.29) is 0 Å². The van der Waals surface area contributed by atoms with E-state index < -0.39 is 6.09 Å². The van der Waals surface area contributed by atoms with E-state index in [0.717, 1.165) is 21.9 Å². The summed E-state index contributed by atoms with van der Waals surface area (Å²) in [7, 11) is 0. The van der Waals surface area contributed by atoms with Crippen molar-refractivity contribution in [3.8, 4) is 0 Å². The molecule has 0 radical (unpaired) electrons. The first-order valence-corrected chi connectivity index (χ1v) is 5.91. The first-order valence-electron chi connectivity index (χ1n) is 5.91. The Morgan fingerprint density at radius 2 is 2.11 bits per heavy atom. The SMILES string of the molecule is O=C(O)NCCn1cnc2cnc3ccccc3c21. The number of benzene rings is 1. The van der Waals surface area contributed by atoms with E-state index >= 15 is 0 Å². The molecular weight excluding hydrogens is 244 g/mol. The second-order valence-electron chi connectivity index (χ2n) is 4.18. The second-order valence-corrected chi connectivity index (χ2v) is 4.18. The molecule has 0 aliphatic rings. The van der Waals surface area contributed by atoms with Crippen molar-refractivity contribution in [1.29, 1.82) is 0 Å². The Labute approximate surface area is 108 Å². The highest BCUT2D eigenvalue weighted by atomic mass is 16.4. The highest BCUT2D eigenvalue weighted by Crippen LogP contribution is 2.22. The Hall–Kier alpha value is -2.63. The number of aromatic nitrogens is 3. The third-order valence-corrected chi connectivity index (χ3v) is 2.98. The molecule has 0 spiro atoms. The van der Waals surface area contributed by atoms with Crippen LogP contribution in [0.15, 0.2) is 36.8 Å². The predicted octanol–water partition coefficient (Wildman–Crippen LogP) is 1.85. The first-order chi connectivity index (χ1) is 9.25. The molecule has 0 fully saturated rings. The van der Waals surface area contributed by atoms with Crippen LogP contribution in [0.25, 0.3) is 21.9 Å². The van der Waals surface area contributed by atoms with Crippen LogP contribution in [0.4, 0.5) is 4.79 Å². The van der Waals surface area contributed by atoms with Gasteiger partial charge >= 0.3 is 6.09 Å². The number of imidazole rings is 1. The zero-order valence-corrected chi connectivity index (χ0v) is 10.1. The van der Waals surface area contributed by atoms with Gasteiger partial charge in [0.15, 0.2) is 0 Å². The van der Waals surface area contributed by atoms with Crippen molar-refractivity contribution in [1.82, 2.24) is 19.9 Å². The van der Waals surface area contributed by atoms with Crippen LogP contribution in [-0.4, -0.2) is 32.3 Å². The van der Waals surface area contributed by atoms with Crippen molar-refractivity contribution in [2.75, 3.05) is 6.54 Å². The number of hydrogen-bond acceptors (Lipinski definition) is 3. The monoisotopic (exact) mass is 256 g/mol. The molecule has 3 aromatic rings. The molecule has 1 amide bonds. The molecule has 6 nitrogen and oxygen atoms in total.